The van der Waals surface area contributed by atoms with E-state index in [4.69, 9.17) is 5.11 Å². The summed E-state index contributed by atoms with van der Waals surface area (Å²) in [6.45, 7) is 0. The maximum atomic E-state index is 10.9. The molecule has 0 spiro atoms. The Morgan fingerprint density at radius 3 is 3.17 bits per heavy atom. The largest absolute Gasteiger partial charge is 0.478 e. The molecule has 0 amide bonds. The average molecular weight is 263 g/mol. The first-order valence-corrected chi connectivity index (χ1v) is 7.07. The van der Waals surface area contributed by atoms with E-state index >= 15 is 0 Å². The number of hydrogen-bond donors (Lipinski definition) is 1. The van der Waals surface area contributed by atoms with Crippen LogP contribution < -0.4 is 0 Å². The summed E-state index contributed by atoms with van der Waals surface area (Å²) in [6.07, 6.45) is 3.98. The van der Waals surface area contributed by atoms with E-state index in [9.17, 15) is 4.79 Å². The summed E-state index contributed by atoms with van der Waals surface area (Å²) >= 11 is 1.93. The summed E-state index contributed by atoms with van der Waals surface area (Å²) in [4.78, 5) is 15.3. The van der Waals surface area contributed by atoms with Gasteiger partial charge in [0.15, 0.2) is 11.5 Å². The molecule has 94 valence electrons. The van der Waals surface area contributed by atoms with Crippen LogP contribution in [-0.2, 0) is 0 Å². The predicted octanol–water partition coefficient (Wildman–Crippen LogP) is 2.04. The summed E-state index contributed by atoms with van der Waals surface area (Å²) in [5, 5.41) is 13.4. The van der Waals surface area contributed by atoms with Gasteiger partial charge >= 0.3 is 5.97 Å². The van der Waals surface area contributed by atoms with E-state index in [-0.39, 0.29) is 5.56 Å². The lowest BCUT2D eigenvalue weighted by Gasteiger charge is -2.17. The molecule has 0 aromatic carbocycles. The Bertz CT molecular complexity index is 590. The Kier molecular flexibility index (Phi) is 2.95. The van der Waals surface area contributed by atoms with Gasteiger partial charge in [-0.05, 0) is 30.7 Å². The van der Waals surface area contributed by atoms with Crippen molar-refractivity contribution in [1.29, 1.82) is 0 Å². The Morgan fingerprint density at radius 2 is 2.44 bits per heavy atom. The smallest absolute Gasteiger partial charge is 0.335 e. The lowest BCUT2D eigenvalue weighted by atomic mass is 10.1. The van der Waals surface area contributed by atoms with Crippen molar-refractivity contribution in [2.24, 2.45) is 0 Å². The zero-order valence-electron chi connectivity index (χ0n) is 9.74. The van der Waals surface area contributed by atoms with Crippen molar-refractivity contribution in [3.05, 3.63) is 29.7 Å². The first-order valence-electron chi connectivity index (χ1n) is 5.91. The SMILES string of the molecule is O=C(O)c1ccn2nc(C3CCCSC3)nc2c1. The van der Waals surface area contributed by atoms with Gasteiger partial charge in [-0.25, -0.2) is 14.3 Å². The van der Waals surface area contributed by atoms with Gasteiger partial charge in [0.05, 0.1) is 5.56 Å². The van der Waals surface area contributed by atoms with Crippen molar-refractivity contribution in [2.75, 3.05) is 11.5 Å². The normalized spacial score (nSPS) is 20.1. The number of nitrogens with zero attached hydrogens (tertiary/aromatic N) is 3. The maximum absolute atomic E-state index is 10.9. The molecule has 1 aliphatic heterocycles. The summed E-state index contributed by atoms with van der Waals surface area (Å²) < 4.78 is 1.65. The number of carbonyl (C=O) groups is 1. The number of aromatic carboxylic acids is 1. The molecule has 1 atom stereocenters. The summed E-state index contributed by atoms with van der Waals surface area (Å²) in [5.41, 5.74) is 0.861. The van der Waals surface area contributed by atoms with Crippen LogP contribution in [0.2, 0.25) is 0 Å². The van der Waals surface area contributed by atoms with Gasteiger partial charge in [-0.3, -0.25) is 0 Å². The Hall–Kier alpha value is -1.56. The number of thioether (sulfide) groups is 1. The van der Waals surface area contributed by atoms with Crippen molar-refractivity contribution < 1.29 is 9.90 Å². The molecule has 1 N–H and O–H groups in total. The lowest BCUT2D eigenvalue weighted by molar-refractivity contribution is 0.0697. The van der Waals surface area contributed by atoms with Gasteiger partial charge in [0.1, 0.15) is 0 Å². The van der Waals surface area contributed by atoms with Crippen molar-refractivity contribution in [3.8, 4) is 0 Å². The fourth-order valence-corrected chi connectivity index (χ4v) is 3.29. The van der Waals surface area contributed by atoms with Gasteiger partial charge < -0.3 is 5.11 Å². The molecule has 3 rings (SSSR count). The molecule has 6 heteroatoms. The fraction of sp³-hybridized carbons (Fsp3) is 0.417. The van der Waals surface area contributed by atoms with Gasteiger partial charge in [0, 0.05) is 17.9 Å². The average Bonchev–Trinajstić information content (AvgIpc) is 2.82. The highest BCUT2D eigenvalue weighted by Crippen LogP contribution is 2.29. The summed E-state index contributed by atoms with van der Waals surface area (Å²) in [5.74, 6) is 2.58. The van der Waals surface area contributed by atoms with Crippen LogP contribution in [0.3, 0.4) is 0 Å². The second kappa shape index (κ2) is 4.61. The topological polar surface area (TPSA) is 67.5 Å². The van der Waals surface area contributed by atoms with E-state index in [0.29, 0.717) is 11.6 Å². The number of carboxylic acids is 1. The van der Waals surface area contributed by atoms with Crippen LogP contribution in [0.15, 0.2) is 18.3 Å². The van der Waals surface area contributed by atoms with E-state index in [1.165, 1.54) is 12.2 Å². The highest BCUT2D eigenvalue weighted by atomic mass is 32.2. The van der Waals surface area contributed by atoms with Gasteiger partial charge in [-0.2, -0.15) is 16.9 Å². The van der Waals surface area contributed by atoms with Gasteiger partial charge in [0.2, 0.25) is 0 Å². The van der Waals surface area contributed by atoms with Crippen LogP contribution in [0.5, 0.6) is 0 Å². The number of rotatable bonds is 2. The molecule has 0 aliphatic carbocycles. The first-order chi connectivity index (χ1) is 8.74. The molecule has 3 heterocycles. The lowest BCUT2D eigenvalue weighted by Crippen LogP contribution is -2.10. The molecule has 1 saturated heterocycles. The molecule has 0 saturated carbocycles. The second-order valence-electron chi connectivity index (χ2n) is 4.41. The molecule has 5 nitrogen and oxygen atoms in total. The van der Waals surface area contributed by atoms with E-state index in [1.54, 1.807) is 22.8 Å². The first kappa shape index (κ1) is 11.5. The Morgan fingerprint density at radius 1 is 1.56 bits per heavy atom. The van der Waals surface area contributed by atoms with Crippen molar-refractivity contribution in [3.63, 3.8) is 0 Å². The molecule has 2 aromatic rings. The summed E-state index contributed by atoms with van der Waals surface area (Å²) in [7, 11) is 0. The molecule has 2 aromatic heterocycles. The van der Waals surface area contributed by atoms with Crippen LogP contribution in [-0.4, -0.2) is 37.2 Å². The third-order valence-corrected chi connectivity index (χ3v) is 4.34. The number of hydrogen-bond acceptors (Lipinski definition) is 4. The van der Waals surface area contributed by atoms with Crippen LogP contribution in [0.4, 0.5) is 0 Å². The Labute approximate surface area is 108 Å². The van der Waals surface area contributed by atoms with Gasteiger partial charge in [0.25, 0.3) is 0 Å². The van der Waals surface area contributed by atoms with Gasteiger partial charge in [-0.1, -0.05) is 0 Å². The van der Waals surface area contributed by atoms with Crippen molar-refractivity contribution in [2.45, 2.75) is 18.8 Å². The quantitative estimate of drug-likeness (QED) is 0.898. The third-order valence-electron chi connectivity index (χ3n) is 3.13. The molecule has 0 radical (unpaired) electrons. The zero-order valence-corrected chi connectivity index (χ0v) is 10.6. The number of pyridine rings is 1. The van der Waals surface area contributed by atoms with Crippen LogP contribution in [0.25, 0.3) is 5.65 Å². The highest BCUT2D eigenvalue weighted by Gasteiger charge is 2.20. The Balaban J connectivity index is 1.97. The molecule has 18 heavy (non-hydrogen) atoms. The van der Waals surface area contributed by atoms with E-state index in [1.807, 2.05) is 11.8 Å². The zero-order chi connectivity index (χ0) is 12.5. The molecule has 1 unspecified atom stereocenters. The second-order valence-corrected chi connectivity index (χ2v) is 5.56. The maximum Gasteiger partial charge on any atom is 0.335 e. The van der Waals surface area contributed by atoms with Gasteiger partial charge in [-0.15, -0.1) is 0 Å². The monoisotopic (exact) mass is 263 g/mol. The minimum atomic E-state index is -0.935. The minimum absolute atomic E-state index is 0.250. The van der Waals surface area contributed by atoms with Crippen LogP contribution >= 0.6 is 11.8 Å². The molecule has 0 bridgehead atoms. The molecular formula is C12H13N3O2S. The van der Waals surface area contributed by atoms with E-state index in [0.717, 1.165) is 18.0 Å². The molecule has 1 fully saturated rings. The molecule has 1 aliphatic rings. The van der Waals surface area contributed by atoms with Crippen LogP contribution in [0.1, 0.15) is 34.9 Å². The highest BCUT2D eigenvalue weighted by molar-refractivity contribution is 7.99. The number of fused-ring (bicyclic) bond motifs is 1. The van der Waals surface area contributed by atoms with Crippen molar-refractivity contribution in [1.82, 2.24) is 14.6 Å². The standard InChI is InChI=1S/C12H13N3O2S/c16-12(17)8-3-4-15-10(6-8)13-11(14-15)9-2-1-5-18-7-9/h3-4,6,9H,1-2,5,7H2,(H,16,17). The van der Waals surface area contributed by atoms with E-state index in [2.05, 4.69) is 10.1 Å². The third kappa shape index (κ3) is 2.08. The molecular weight excluding hydrogens is 250 g/mol. The summed E-state index contributed by atoms with van der Waals surface area (Å²) in [6, 6.07) is 3.11. The van der Waals surface area contributed by atoms with E-state index < -0.39 is 5.97 Å². The predicted molar refractivity (Wildman–Crippen MR) is 69.2 cm³/mol. The minimum Gasteiger partial charge on any atom is -0.478 e. The fourth-order valence-electron chi connectivity index (χ4n) is 2.15. The van der Waals surface area contributed by atoms with Crippen LogP contribution in [0, 0.1) is 0 Å². The van der Waals surface area contributed by atoms with Crippen molar-refractivity contribution >= 4 is 23.4 Å². The number of carboxylic acid groups (broad SMARTS) is 1. The number of aromatic nitrogens is 3.